The third-order valence-electron chi connectivity index (χ3n) is 3.22. The average Bonchev–Trinajstić information content (AvgIpc) is 2.74. The Morgan fingerprint density at radius 1 is 0.714 bits per heavy atom. The second kappa shape index (κ2) is 4.59. The minimum Gasteiger partial charge on any atom is -0.423 e. The van der Waals surface area contributed by atoms with E-state index in [0.717, 1.165) is 0 Å². The molecule has 2 N–H and O–H groups in total. The molecule has 0 aliphatic heterocycles. The van der Waals surface area contributed by atoms with Crippen LogP contribution in [-0.4, -0.2) is 17.2 Å². The van der Waals surface area contributed by atoms with Crippen LogP contribution in [0.4, 0.5) is 0 Å². The SMILES string of the molecule is [2H]c1c([2H])c([2H])c2c(c1[2H])c([2H])c([2H])c1c([2H])c(B(O)O)c3c([2H])c([2H])c([2H])c([2H])c3c12. The summed E-state index contributed by atoms with van der Waals surface area (Å²) in [6.07, 6.45) is 0. The maximum absolute atomic E-state index is 9.94. The Kier molecular flexibility index (Phi) is 1.19. The van der Waals surface area contributed by atoms with Crippen LogP contribution in [0, 0.1) is 0 Å². The van der Waals surface area contributed by atoms with Crippen molar-refractivity contribution in [3.05, 3.63) is 66.5 Å². The third kappa shape index (κ3) is 1.83. The van der Waals surface area contributed by atoms with Crippen LogP contribution in [0.5, 0.6) is 0 Å². The van der Waals surface area contributed by atoms with Crippen molar-refractivity contribution in [2.45, 2.75) is 0 Å². The highest BCUT2D eigenvalue weighted by Gasteiger charge is 2.17. The Morgan fingerprint density at radius 2 is 1.33 bits per heavy atom. The first-order valence-electron chi connectivity index (χ1n) is 11.6. The molecule has 0 aliphatic carbocycles. The van der Waals surface area contributed by atoms with Gasteiger partial charge in [0.25, 0.3) is 0 Å². The van der Waals surface area contributed by atoms with E-state index in [1.54, 1.807) is 0 Å². The van der Waals surface area contributed by atoms with Crippen molar-refractivity contribution < 1.29 is 25.1 Å². The Morgan fingerprint density at radius 3 is 2.10 bits per heavy atom. The molecule has 0 spiro atoms. The van der Waals surface area contributed by atoms with Gasteiger partial charge in [0.05, 0.1) is 15.1 Å². The molecule has 0 amide bonds. The average molecular weight is 283 g/mol. The highest BCUT2D eigenvalue weighted by Crippen LogP contribution is 2.31. The van der Waals surface area contributed by atoms with Crippen molar-refractivity contribution in [2.75, 3.05) is 0 Å². The zero-order chi connectivity index (χ0) is 24.0. The molecule has 21 heavy (non-hydrogen) atoms. The van der Waals surface area contributed by atoms with Gasteiger partial charge >= 0.3 is 7.12 Å². The molecule has 0 heterocycles. The fourth-order valence-electron chi connectivity index (χ4n) is 2.34. The Balaban J connectivity index is 2.62. The Bertz CT molecular complexity index is 1520. The summed E-state index contributed by atoms with van der Waals surface area (Å²) in [6.45, 7) is 0. The Hall–Kier alpha value is -2.36. The predicted octanol–water partition coefficient (Wildman–Crippen LogP) is 2.83. The van der Waals surface area contributed by atoms with Gasteiger partial charge in [-0.2, -0.15) is 0 Å². The van der Waals surface area contributed by atoms with Gasteiger partial charge in [-0.05, 0) is 37.8 Å². The maximum Gasteiger partial charge on any atom is 0.489 e. The molecule has 0 aliphatic rings. The van der Waals surface area contributed by atoms with Crippen LogP contribution in [0.1, 0.15) is 15.1 Å². The van der Waals surface area contributed by atoms with Gasteiger partial charge in [-0.3, -0.25) is 0 Å². The molecule has 3 heteroatoms. The molecule has 0 atom stereocenters. The minimum absolute atomic E-state index is 0.246. The molecule has 0 bridgehead atoms. The van der Waals surface area contributed by atoms with E-state index in [2.05, 4.69) is 0 Å². The summed E-state index contributed by atoms with van der Waals surface area (Å²) in [5.41, 5.74) is -0.590. The first-order valence-corrected chi connectivity index (χ1v) is 6.06. The summed E-state index contributed by atoms with van der Waals surface area (Å²) in [5.74, 6) is 0. The molecule has 0 saturated carbocycles. The molecule has 100 valence electrons. The minimum atomic E-state index is -2.34. The van der Waals surface area contributed by atoms with E-state index in [1.165, 1.54) is 0 Å². The maximum atomic E-state index is 9.94. The van der Waals surface area contributed by atoms with Gasteiger partial charge in [0.1, 0.15) is 0 Å². The van der Waals surface area contributed by atoms with E-state index in [-0.39, 0.29) is 26.9 Å². The number of benzene rings is 4. The Labute approximate surface area is 137 Å². The first kappa shape index (κ1) is 5.45. The van der Waals surface area contributed by atoms with Gasteiger partial charge in [0, 0.05) is 0 Å². The monoisotopic (exact) mass is 283 g/mol. The van der Waals surface area contributed by atoms with Crippen LogP contribution >= 0.6 is 0 Å². The number of fused-ring (bicyclic) bond motifs is 5. The van der Waals surface area contributed by atoms with E-state index in [9.17, 15) is 10.0 Å². The highest BCUT2D eigenvalue weighted by molar-refractivity contribution is 6.62. The van der Waals surface area contributed by atoms with Crippen molar-refractivity contribution in [2.24, 2.45) is 0 Å². The third-order valence-corrected chi connectivity index (χ3v) is 3.22. The number of rotatable bonds is 1. The van der Waals surface area contributed by atoms with Gasteiger partial charge in [-0.1, -0.05) is 66.5 Å². The van der Waals surface area contributed by atoms with Gasteiger partial charge < -0.3 is 10.0 Å². The zero-order valence-electron chi connectivity index (χ0n) is 21.5. The van der Waals surface area contributed by atoms with Crippen LogP contribution in [0.25, 0.3) is 32.3 Å². The summed E-state index contributed by atoms with van der Waals surface area (Å²) in [6, 6.07) is -7.15. The number of hydrogen-bond acceptors (Lipinski definition) is 2. The fraction of sp³-hybridized carbons (Fsp3) is 0. The fourth-order valence-corrected chi connectivity index (χ4v) is 2.34. The van der Waals surface area contributed by atoms with Crippen LogP contribution in [0.2, 0.25) is 0 Å². The van der Waals surface area contributed by atoms with E-state index >= 15 is 0 Å². The molecule has 0 unspecified atom stereocenters. The summed E-state index contributed by atoms with van der Waals surface area (Å²) in [5, 5.41) is 17.9. The summed E-state index contributed by atoms with van der Waals surface area (Å²) >= 11 is 0. The van der Waals surface area contributed by atoms with Crippen LogP contribution in [0.3, 0.4) is 0 Å². The molecule has 0 aromatic heterocycles. The van der Waals surface area contributed by atoms with Crippen molar-refractivity contribution in [3.63, 3.8) is 0 Å². The lowest BCUT2D eigenvalue weighted by atomic mass is 9.75. The predicted molar refractivity (Wildman–Crippen MR) is 88.8 cm³/mol. The van der Waals surface area contributed by atoms with Gasteiger partial charge in [0.2, 0.25) is 0 Å². The number of hydrogen-bond donors (Lipinski definition) is 2. The molecule has 0 saturated heterocycles. The molecule has 4 rings (SSSR count). The van der Waals surface area contributed by atoms with Crippen molar-refractivity contribution in [1.29, 1.82) is 0 Å². The normalized spacial score (nSPS) is 18.7. The highest BCUT2D eigenvalue weighted by atomic mass is 16.4. The van der Waals surface area contributed by atoms with Crippen molar-refractivity contribution in [3.8, 4) is 0 Å². The lowest BCUT2D eigenvalue weighted by Crippen LogP contribution is -2.30. The molecule has 0 fully saturated rings. The van der Waals surface area contributed by atoms with E-state index in [4.69, 9.17) is 15.1 Å². The molecular formula is C18H13BO2. The second-order valence-corrected chi connectivity index (χ2v) is 4.41. The molecule has 2 nitrogen and oxygen atoms in total. The summed E-state index contributed by atoms with van der Waals surface area (Å²) in [7, 11) is -2.34. The van der Waals surface area contributed by atoms with Gasteiger partial charge in [0.15, 0.2) is 0 Å². The summed E-state index contributed by atoms with van der Waals surface area (Å²) in [4.78, 5) is 0. The second-order valence-electron chi connectivity index (χ2n) is 4.41. The molecule has 4 aromatic carbocycles. The largest absolute Gasteiger partial charge is 0.489 e. The molecule has 0 radical (unpaired) electrons. The zero-order valence-corrected chi connectivity index (χ0v) is 10.5. The molecular weight excluding hydrogens is 259 g/mol. The van der Waals surface area contributed by atoms with Crippen LogP contribution in [0.15, 0.2) is 66.5 Å². The van der Waals surface area contributed by atoms with Crippen molar-refractivity contribution in [1.82, 2.24) is 0 Å². The van der Waals surface area contributed by atoms with E-state index < -0.39 is 84.4 Å². The lowest BCUT2D eigenvalue weighted by Gasteiger charge is -2.12. The van der Waals surface area contributed by atoms with Crippen molar-refractivity contribution >= 4 is 44.9 Å². The quantitative estimate of drug-likeness (QED) is 0.416. The summed E-state index contributed by atoms with van der Waals surface area (Å²) < 4.78 is 90.5. The van der Waals surface area contributed by atoms with Gasteiger partial charge in [-0.25, -0.2) is 0 Å². The van der Waals surface area contributed by atoms with Gasteiger partial charge in [-0.15, -0.1) is 0 Å². The molecule has 4 aromatic rings. The van der Waals surface area contributed by atoms with Crippen LogP contribution < -0.4 is 5.46 Å². The topological polar surface area (TPSA) is 40.5 Å². The van der Waals surface area contributed by atoms with Crippen LogP contribution in [-0.2, 0) is 0 Å². The first-order chi connectivity index (χ1) is 14.8. The smallest absolute Gasteiger partial charge is 0.423 e. The van der Waals surface area contributed by atoms with E-state index in [1.807, 2.05) is 0 Å². The van der Waals surface area contributed by atoms with E-state index in [0.29, 0.717) is 0 Å². The lowest BCUT2D eigenvalue weighted by molar-refractivity contribution is 0.426. The standard InChI is InChI=1S/C18H13BO2/c20-19(21)17-11-13-10-9-12-5-1-2-6-14(12)18(13)16-8-4-3-7-15(16)17/h1-11,20-21H/i1D,2D,3D,4D,5D,6D,7D,8D,9D,10D,11D.